The summed E-state index contributed by atoms with van der Waals surface area (Å²) in [4.78, 5) is 27.1. The summed E-state index contributed by atoms with van der Waals surface area (Å²) in [6.45, 7) is 0. The van der Waals surface area contributed by atoms with Crippen LogP contribution in [0.2, 0.25) is 0 Å². The highest BCUT2D eigenvalue weighted by Gasteiger charge is 2.53. The predicted molar refractivity (Wildman–Crippen MR) is 427 cm³/mol. The zero-order valence-electron chi connectivity index (χ0n) is 64.6. The highest BCUT2D eigenvalue weighted by Crippen LogP contribution is 2.64. The number of carbonyl (C=O) groups excluding carboxylic acids is 2. The number of hydrogen-bond acceptors (Lipinski definition) is 38. The lowest BCUT2D eigenvalue weighted by molar-refractivity contribution is -0.0215. The van der Waals surface area contributed by atoms with Crippen LogP contribution in [0.1, 0.15) is 141 Å². The summed E-state index contributed by atoms with van der Waals surface area (Å²) in [7, 11) is 0. The first-order valence-corrected chi connectivity index (χ1v) is 38.0. The van der Waals surface area contributed by atoms with Gasteiger partial charge in [-0.3, -0.25) is 0 Å². The monoisotopic (exact) mass is 1750 g/mol. The minimum atomic E-state index is -2.02. The molecule has 12 aromatic carbocycles. The van der Waals surface area contributed by atoms with Gasteiger partial charge >= 0.3 is 11.9 Å². The van der Waals surface area contributed by atoms with Crippen molar-refractivity contribution in [1.29, 1.82) is 0 Å². The van der Waals surface area contributed by atoms with Crippen LogP contribution in [0, 0.1) is 0 Å². The maximum Gasteiger partial charge on any atom is 0.338 e. The third-order valence-corrected chi connectivity index (χ3v) is 22.6. The van der Waals surface area contributed by atoms with Gasteiger partial charge in [0.15, 0.2) is 123 Å². The third-order valence-electron chi connectivity index (χ3n) is 22.6. The van der Waals surface area contributed by atoms with Crippen molar-refractivity contribution >= 4 is 11.9 Å². The largest absolute Gasteiger partial charge is 0.508 e. The number of esters is 2. The van der Waals surface area contributed by atoms with E-state index in [0.717, 1.165) is 127 Å². The Labute approximate surface area is 710 Å². The van der Waals surface area contributed by atoms with Crippen molar-refractivity contribution < 1.29 is 191 Å². The number of aliphatic hydroxyl groups excluding tert-OH is 3. The van der Waals surface area contributed by atoms with E-state index in [-0.39, 0.29) is 79.3 Å². The molecule has 0 aliphatic carbocycles. The van der Waals surface area contributed by atoms with Crippen LogP contribution in [0.25, 0.3) is 0 Å². The van der Waals surface area contributed by atoms with Gasteiger partial charge in [0.2, 0.25) is 0 Å². The number of hydrogen-bond donors (Lipinski definition) is 29. The highest BCUT2D eigenvalue weighted by molar-refractivity contribution is 5.92. The van der Waals surface area contributed by atoms with Crippen molar-refractivity contribution in [2.24, 2.45) is 0 Å². The molecule has 17 rings (SSSR count). The number of aliphatic hydroxyl groups is 3. The molecule has 5 aliphatic heterocycles. The van der Waals surface area contributed by atoms with E-state index in [4.69, 9.17) is 33.2 Å². The van der Waals surface area contributed by atoms with Gasteiger partial charge in [-0.2, -0.15) is 0 Å². The first-order valence-electron chi connectivity index (χ1n) is 38.0. The number of phenols is 26. The minimum absolute atomic E-state index is 0.0103. The molecule has 0 aromatic heterocycles. The molecule has 0 spiro atoms. The average Bonchev–Trinajstić information content (AvgIpc) is 0.727. The molecule has 0 amide bonds. The highest BCUT2D eigenvalue weighted by atomic mass is 16.6. The maximum atomic E-state index is 13.7. The van der Waals surface area contributed by atoms with Crippen LogP contribution in [0.15, 0.2) is 158 Å². The van der Waals surface area contributed by atoms with Gasteiger partial charge in [-0.25, -0.2) is 9.59 Å². The fourth-order valence-electron chi connectivity index (χ4n) is 16.7. The van der Waals surface area contributed by atoms with Gasteiger partial charge in [0.1, 0.15) is 117 Å². The zero-order valence-corrected chi connectivity index (χ0v) is 64.6. The number of fused-ring (bicyclic) bond motifs is 5. The van der Waals surface area contributed by atoms with E-state index >= 15 is 0 Å². The van der Waals surface area contributed by atoms with Crippen LogP contribution in [0.4, 0.5) is 0 Å². The van der Waals surface area contributed by atoms with E-state index in [1.165, 1.54) is 30.3 Å². The maximum absolute atomic E-state index is 13.7. The lowest BCUT2D eigenvalue weighted by Gasteiger charge is -2.43. The molecule has 12 aromatic rings. The van der Waals surface area contributed by atoms with Crippen LogP contribution < -0.4 is 23.7 Å². The molecule has 656 valence electrons. The van der Waals surface area contributed by atoms with E-state index < -0.39 is 286 Å². The quantitative estimate of drug-likeness (QED) is 0.0400. The average molecular weight is 1750 g/mol. The molecular formula is C89H72O38. The van der Waals surface area contributed by atoms with E-state index in [1.54, 1.807) is 0 Å². The molecular weight excluding hydrogens is 1680 g/mol. The van der Waals surface area contributed by atoms with Crippen LogP contribution in [0.5, 0.6) is 178 Å². The van der Waals surface area contributed by atoms with Crippen LogP contribution in [0.3, 0.4) is 0 Å². The smallest absolute Gasteiger partial charge is 0.338 e. The van der Waals surface area contributed by atoms with Crippen molar-refractivity contribution in [3.8, 4) is 178 Å². The number of aromatic hydroxyl groups is 26. The molecule has 38 heteroatoms. The fraction of sp³-hybridized carbons (Fsp3) is 0.169. The SMILES string of the molecule is O=C(OC1Cc2c(O)cc(O)c(C3c4c(O)cc(O)c(C5c6c(O)cc(O)cc6OC(c6ccc(O)c(O)c6)C5O)c4OC(c4ccc(O)c(O)c4)C3O)c2OC1c1ccc(O)c(O)c1)c1cc(O)c(O)c(O)c1.O=C(OC1Cc2c(O)cc(O)c(C3c4c(O)cc(O)cc4OC(c4ccc(O)c(O)c4)C3O)c2OC1c1ccc(O)c(O)c1)c1cc(O)c(O)c(O)c1. The molecule has 0 saturated heterocycles. The molecule has 13 atom stereocenters. The lowest BCUT2D eigenvalue weighted by Crippen LogP contribution is -2.39. The molecule has 127 heavy (non-hydrogen) atoms. The number of phenolic OH excluding ortho intramolecular Hbond substituents is 26. The Kier molecular flexibility index (Phi) is 20.9. The van der Waals surface area contributed by atoms with Crippen molar-refractivity contribution in [3.63, 3.8) is 0 Å². The summed E-state index contributed by atoms with van der Waals surface area (Å²) in [6, 6.07) is 27.2. The van der Waals surface area contributed by atoms with Gasteiger partial charge in [0.25, 0.3) is 0 Å². The van der Waals surface area contributed by atoms with Gasteiger partial charge in [0.05, 0.1) is 28.9 Å². The minimum Gasteiger partial charge on any atom is -0.508 e. The summed E-state index contributed by atoms with van der Waals surface area (Å²) in [6.07, 6.45) is -17.1. The number of ether oxygens (including phenoxy) is 7. The van der Waals surface area contributed by atoms with E-state index in [9.17, 15) is 158 Å². The van der Waals surface area contributed by atoms with Gasteiger partial charge in [-0.05, 0) is 102 Å². The number of carbonyl (C=O) groups is 2. The normalized spacial score (nSPS) is 21.1. The second-order valence-corrected chi connectivity index (χ2v) is 30.5. The number of benzene rings is 12. The Morgan fingerprint density at radius 1 is 0.244 bits per heavy atom. The first-order chi connectivity index (χ1) is 60.2. The van der Waals surface area contributed by atoms with Crippen LogP contribution in [-0.2, 0) is 22.3 Å². The van der Waals surface area contributed by atoms with Crippen molar-refractivity contribution in [2.75, 3.05) is 0 Å². The third kappa shape index (κ3) is 14.7. The second-order valence-electron chi connectivity index (χ2n) is 30.5. The van der Waals surface area contributed by atoms with Gasteiger partial charge < -0.3 is 181 Å². The molecule has 0 bridgehead atoms. The Bertz CT molecular complexity index is 6480. The summed E-state index contributed by atoms with van der Waals surface area (Å²) in [5.41, 5.74) is -2.89. The first kappa shape index (κ1) is 83.9. The molecule has 0 radical (unpaired) electrons. The lowest BCUT2D eigenvalue weighted by atomic mass is 9.73. The second kappa shape index (κ2) is 31.6. The molecule has 13 unspecified atom stereocenters. The van der Waals surface area contributed by atoms with E-state index in [2.05, 4.69) is 0 Å². The van der Waals surface area contributed by atoms with Crippen molar-refractivity contribution in [3.05, 3.63) is 241 Å². The molecule has 38 nitrogen and oxygen atoms in total. The van der Waals surface area contributed by atoms with E-state index in [0.29, 0.717) is 0 Å². The Morgan fingerprint density at radius 3 is 0.795 bits per heavy atom. The van der Waals surface area contributed by atoms with Crippen molar-refractivity contribution in [2.45, 2.75) is 91.6 Å². The Balaban J connectivity index is 0.000000197. The Morgan fingerprint density at radius 2 is 0.496 bits per heavy atom. The molecule has 0 saturated carbocycles. The van der Waals surface area contributed by atoms with E-state index in [1.807, 2.05) is 0 Å². The van der Waals surface area contributed by atoms with Gasteiger partial charge in [-0.1, -0.05) is 30.3 Å². The topological polar surface area (TPSA) is 685 Å². The van der Waals surface area contributed by atoms with Gasteiger partial charge in [-0.15, -0.1) is 0 Å². The fourth-order valence-corrected chi connectivity index (χ4v) is 16.7. The number of rotatable bonds is 12. The predicted octanol–water partition coefficient (Wildman–Crippen LogP) is 9.40. The van der Waals surface area contributed by atoms with Gasteiger partial charge in [0, 0.05) is 111 Å². The summed E-state index contributed by atoms with van der Waals surface area (Å²) >= 11 is 0. The van der Waals surface area contributed by atoms with Crippen LogP contribution >= 0.6 is 0 Å². The molecule has 5 heterocycles. The zero-order chi connectivity index (χ0) is 91.0. The summed E-state index contributed by atoms with van der Waals surface area (Å²) < 4.78 is 43.1. The standard InChI is InChI=1S/C52H42O22.C37H30O16/c53-21-12-30(61)38-36(13-21)71-48(18-2-5-24(55)28(59)8-18)45(68)42(38)40-32(63)16-33(64)41-43(46(69)49(74-51(40)41)19-3-6-25(56)29(60)9-19)39-31(62)15-26(57)22-14-37(72-52(70)20-10-34(65)44(67)35(66)11-20)47(73-50(22)39)17-1-4-23(54)27(58)7-17;38-16-9-23(44)29-27(10-16)51-35(14-2-4-19(40)22(43)6-14)33(49)31(29)30-24(45)12-20(41)17-11-28(52-37(50)15-7-25(46)32(48)26(47)8-15)34(53-36(17)30)13-1-3-18(39)21(42)5-13/h1-13,15-16,37,42-43,45-49,53-69H,14H2;1-10,12,28,31,33-35,38-49H,11H2. The van der Waals surface area contributed by atoms with Crippen molar-refractivity contribution in [1.82, 2.24) is 0 Å². The summed E-state index contributed by atoms with van der Waals surface area (Å²) in [5, 5.41) is 314. The molecule has 5 aliphatic rings. The molecule has 0 fully saturated rings. The summed E-state index contributed by atoms with van der Waals surface area (Å²) in [5.74, 6) is -26.7. The molecule has 29 N–H and O–H groups in total. The Hall–Kier alpha value is -16.7. The van der Waals surface area contributed by atoms with Crippen LogP contribution in [-0.4, -0.2) is 191 Å².